The van der Waals surface area contributed by atoms with Gasteiger partial charge in [0.15, 0.2) is 0 Å². The molecule has 0 saturated heterocycles. The van der Waals surface area contributed by atoms with E-state index >= 15 is 0 Å². The van der Waals surface area contributed by atoms with Gasteiger partial charge in [-0.25, -0.2) is 14.4 Å². The molecule has 2 aliphatic rings. The summed E-state index contributed by atoms with van der Waals surface area (Å²) >= 11 is 0. The number of aliphatic imine (C=N–C) groups is 2. The Morgan fingerprint density at radius 3 is 3.17 bits per heavy atom. The molecule has 4 nitrogen and oxygen atoms in total. The fourth-order valence-electron chi connectivity index (χ4n) is 1.40. The average molecular weight is 168 g/mol. The van der Waals surface area contributed by atoms with Gasteiger partial charge in [0.1, 0.15) is 29.6 Å². The predicted octanol–water partition coefficient (Wildman–Crippen LogP) is 0.132. The molecule has 0 aromatic carbocycles. The summed E-state index contributed by atoms with van der Waals surface area (Å²) in [6.45, 7) is 1.74. The first-order valence-corrected chi connectivity index (χ1v) is 3.68. The molecule has 0 fully saturated rings. The normalized spacial score (nSPS) is 33.0. The van der Waals surface area contributed by atoms with E-state index in [2.05, 4.69) is 15.3 Å². The van der Waals surface area contributed by atoms with Gasteiger partial charge in [-0.15, -0.1) is 0 Å². The average Bonchev–Trinajstić information content (AvgIpc) is 2.31. The number of amidine groups is 2. The van der Waals surface area contributed by atoms with Gasteiger partial charge in [-0.1, -0.05) is 0 Å². The number of halogens is 1. The third kappa shape index (κ3) is 0.895. The Hall–Kier alpha value is -1.39. The van der Waals surface area contributed by atoms with Gasteiger partial charge in [0.2, 0.25) is 0 Å². The van der Waals surface area contributed by atoms with Crippen molar-refractivity contribution in [2.45, 2.75) is 13.1 Å². The SMILES string of the molecule is CC1=NC2NC=C(F)C2C(N)=N1. The quantitative estimate of drug-likeness (QED) is 0.540. The minimum atomic E-state index is -0.492. The summed E-state index contributed by atoms with van der Waals surface area (Å²) in [5.41, 5.74) is 5.55. The summed E-state index contributed by atoms with van der Waals surface area (Å²) in [5.74, 6) is 0.0989. The molecular formula is C7H9FN4. The summed E-state index contributed by atoms with van der Waals surface area (Å²) in [6, 6.07) is 0. The zero-order chi connectivity index (χ0) is 8.72. The van der Waals surface area contributed by atoms with E-state index in [1.165, 1.54) is 6.20 Å². The smallest absolute Gasteiger partial charge is 0.136 e. The maximum atomic E-state index is 13.0. The van der Waals surface area contributed by atoms with Crippen molar-refractivity contribution in [1.29, 1.82) is 0 Å². The fourth-order valence-corrected chi connectivity index (χ4v) is 1.40. The molecule has 2 aliphatic heterocycles. The molecule has 3 N–H and O–H groups in total. The van der Waals surface area contributed by atoms with Crippen molar-refractivity contribution in [2.24, 2.45) is 21.6 Å². The van der Waals surface area contributed by atoms with Crippen LogP contribution in [0.1, 0.15) is 6.92 Å². The van der Waals surface area contributed by atoms with Gasteiger partial charge in [-0.05, 0) is 6.92 Å². The van der Waals surface area contributed by atoms with E-state index in [4.69, 9.17) is 5.73 Å². The Bertz CT molecular complexity index is 305. The largest absolute Gasteiger partial charge is 0.386 e. The number of hydrogen-bond donors (Lipinski definition) is 2. The first-order valence-electron chi connectivity index (χ1n) is 3.68. The van der Waals surface area contributed by atoms with Crippen LogP contribution >= 0.6 is 0 Å². The molecule has 5 heteroatoms. The van der Waals surface area contributed by atoms with Crippen molar-refractivity contribution in [1.82, 2.24) is 5.32 Å². The van der Waals surface area contributed by atoms with Crippen molar-refractivity contribution in [2.75, 3.05) is 0 Å². The Labute approximate surface area is 69.1 Å². The van der Waals surface area contributed by atoms with Crippen LogP contribution < -0.4 is 11.1 Å². The monoisotopic (exact) mass is 168 g/mol. The second-order valence-corrected chi connectivity index (χ2v) is 2.83. The van der Waals surface area contributed by atoms with Crippen molar-refractivity contribution in [3.63, 3.8) is 0 Å². The van der Waals surface area contributed by atoms with Crippen LogP contribution in [0.3, 0.4) is 0 Å². The molecule has 0 aromatic heterocycles. The lowest BCUT2D eigenvalue weighted by Crippen LogP contribution is -2.39. The molecule has 0 saturated carbocycles. The van der Waals surface area contributed by atoms with E-state index in [0.717, 1.165) is 0 Å². The Morgan fingerprint density at radius 2 is 2.42 bits per heavy atom. The van der Waals surface area contributed by atoms with Gasteiger partial charge >= 0.3 is 0 Å². The molecule has 0 aliphatic carbocycles. The molecule has 2 atom stereocenters. The Morgan fingerprint density at radius 1 is 1.67 bits per heavy atom. The van der Waals surface area contributed by atoms with E-state index in [-0.39, 0.29) is 12.0 Å². The van der Waals surface area contributed by atoms with Crippen LogP contribution in [0.15, 0.2) is 22.0 Å². The lowest BCUT2D eigenvalue weighted by atomic mass is 10.1. The molecule has 64 valence electrons. The van der Waals surface area contributed by atoms with E-state index < -0.39 is 5.92 Å². The maximum absolute atomic E-state index is 13.0. The molecule has 2 unspecified atom stereocenters. The van der Waals surface area contributed by atoms with Crippen molar-refractivity contribution < 1.29 is 4.39 Å². The zero-order valence-electron chi connectivity index (χ0n) is 6.58. The molecule has 0 aromatic rings. The summed E-state index contributed by atoms with van der Waals surface area (Å²) in [4.78, 5) is 7.99. The highest BCUT2D eigenvalue weighted by molar-refractivity contribution is 5.99. The van der Waals surface area contributed by atoms with Gasteiger partial charge in [0.05, 0.1) is 0 Å². The van der Waals surface area contributed by atoms with Crippen LogP contribution in [0.25, 0.3) is 0 Å². The maximum Gasteiger partial charge on any atom is 0.136 e. The summed E-state index contributed by atoms with van der Waals surface area (Å²) in [5, 5.41) is 2.78. The van der Waals surface area contributed by atoms with E-state index in [9.17, 15) is 4.39 Å². The third-order valence-electron chi connectivity index (χ3n) is 1.94. The van der Waals surface area contributed by atoms with Gasteiger partial charge in [-0.3, -0.25) is 0 Å². The lowest BCUT2D eigenvalue weighted by molar-refractivity contribution is 0.495. The van der Waals surface area contributed by atoms with Crippen molar-refractivity contribution >= 4 is 11.7 Å². The van der Waals surface area contributed by atoms with E-state index in [1.807, 2.05) is 0 Å². The third-order valence-corrected chi connectivity index (χ3v) is 1.94. The highest BCUT2D eigenvalue weighted by Crippen LogP contribution is 2.25. The van der Waals surface area contributed by atoms with Crippen LogP contribution in [-0.2, 0) is 0 Å². The van der Waals surface area contributed by atoms with Crippen LogP contribution in [-0.4, -0.2) is 17.8 Å². The lowest BCUT2D eigenvalue weighted by Gasteiger charge is -2.20. The standard InChI is InChI=1S/C7H9FN4/c1-3-11-6(9)5-4(8)2-10-7(5)12-3/h2,5,7,10H,1H3,(H2,9,11,12). The zero-order valence-corrected chi connectivity index (χ0v) is 6.58. The molecule has 0 amide bonds. The molecule has 2 rings (SSSR count). The molecule has 2 heterocycles. The highest BCUT2D eigenvalue weighted by atomic mass is 19.1. The number of nitrogens with one attached hydrogen (secondary N) is 1. The highest BCUT2D eigenvalue weighted by Gasteiger charge is 2.35. The van der Waals surface area contributed by atoms with Gasteiger partial charge in [0, 0.05) is 6.20 Å². The second kappa shape index (κ2) is 2.30. The van der Waals surface area contributed by atoms with Crippen LogP contribution in [0.2, 0.25) is 0 Å². The van der Waals surface area contributed by atoms with Crippen LogP contribution in [0.4, 0.5) is 4.39 Å². The Balaban J connectivity index is 2.35. The minimum Gasteiger partial charge on any atom is -0.386 e. The molecule has 0 spiro atoms. The summed E-state index contributed by atoms with van der Waals surface area (Å²) < 4.78 is 13.0. The molecular weight excluding hydrogens is 159 g/mol. The van der Waals surface area contributed by atoms with Crippen molar-refractivity contribution in [3.8, 4) is 0 Å². The fraction of sp³-hybridized carbons (Fsp3) is 0.429. The number of fused-ring (bicyclic) bond motifs is 1. The minimum absolute atomic E-state index is 0.289. The summed E-state index contributed by atoms with van der Waals surface area (Å²) in [6.07, 6.45) is 1.00. The van der Waals surface area contributed by atoms with Gasteiger partial charge < -0.3 is 11.1 Å². The first kappa shape index (κ1) is 7.27. The number of rotatable bonds is 0. The van der Waals surface area contributed by atoms with Crippen LogP contribution in [0, 0.1) is 5.92 Å². The second-order valence-electron chi connectivity index (χ2n) is 2.83. The van der Waals surface area contributed by atoms with Crippen LogP contribution in [0.5, 0.6) is 0 Å². The van der Waals surface area contributed by atoms with Crippen molar-refractivity contribution in [3.05, 3.63) is 12.0 Å². The summed E-state index contributed by atoms with van der Waals surface area (Å²) in [7, 11) is 0. The Kier molecular flexibility index (Phi) is 1.39. The molecule has 0 radical (unpaired) electrons. The molecule has 0 bridgehead atoms. The number of nitrogens with two attached hydrogens (primary N) is 1. The molecule has 12 heavy (non-hydrogen) atoms. The number of hydrogen-bond acceptors (Lipinski definition) is 4. The number of nitrogens with zero attached hydrogens (tertiary/aromatic N) is 2. The van der Waals surface area contributed by atoms with Gasteiger partial charge in [0.25, 0.3) is 0 Å². The topological polar surface area (TPSA) is 62.8 Å². The van der Waals surface area contributed by atoms with E-state index in [0.29, 0.717) is 11.7 Å². The van der Waals surface area contributed by atoms with E-state index in [1.54, 1.807) is 6.92 Å². The first-order chi connectivity index (χ1) is 5.68. The predicted molar refractivity (Wildman–Crippen MR) is 44.3 cm³/mol. The van der Waals surface area contributed by atoms with Gasteiger partial charge in [-0.2, -0.15) is 0 Å².